The van der Waals surface area contributed by atoms with Crippen LogP contribution >= 0.6 is 0 Å². The number of nitrogens with zero attached hydrogens (tertiary/aromatic N) is 2. The molecule has 21 heavy (non-hydrogen) atoms. The van der Waals surface area contributed by atoms with Gasteiger partial charge in [-0.25, -0.2) is 0 Å². The van der Waals surface area contributed by atoms with Gasteiger partial charge in [-0.15, -0.1) is 0 Å². The van der Waals surface area contributed by atoms with Crippen molar-refractivity contribution in [3.63, 3.8) is 0 Å². The Morgan fingerprint density at radius 3 is 2.52 bits per heavy atom. The number of aromatic nitrogens is 2. The minimum Gasteiger partial charge on any atom is -0.378 e. The predicted molar refractivity (Wildman–Crippen MR) is 86.0 cm³/mol. The zero-order valence-electron chi connectivity index (χ0n) is 13.2. The van der Waals surface area contributed by atoms with Crippen LogP contribution < -0.4 is 10.2 Å². The molecule has 2 rings (SSSR count). The predicted octanol–water partition coefficient (Wildman–Crippen LogP) is 3.03. The lowest BCUT2D eigenvalue weighted by molar-refractivity contribution is 0.102. The van der Waals surface area contributed by atoms with E-state index in [2.05, 4.69) is 36.3 Å². The minimum atomic E-state index is -0.161. The molecule has 1 aromatic carbocycles. The SMILES string of the molecule is CN(C)c1cccc(C(=O)Nc2cc(C(C)(C)C)[nH]n2)c1. The highest BCUT2D eigenvalue weighted by Gasteiger charge is 2.17. The number of hydrogen-bond acceptors (Lipinski definition) is 3. The Morgan fingerprint density at radius 1 is 1.24 bits per heavy atom. The molecule has 0 radical (unpaired) electrons. The van der Waals surface area contributed by atoms with E-state index in [-0.39, 0.29) is 11.3 Å². The maximum absolute atomic E-state index is 12.3. The number of aromatic amines is 1. The summed E-state index contributed by atoms with van der Waals surface area (Å²) >= 11 is 0. The average Bonchev–Trinajstić information content (AvgIpc) is 2.87. The molecule has 1 amide bonds. The first-order valence-electron chi connectivity index (χ1n) is 6.92. The number of hydrogen-bond donors (Lipinski definition) is 2. The minimum absolute atomic E-state index is 0.0270. The van der Waals surface area contributed by atoms with E-state index in [1.165, 1.54) is 0 Å². The largest absolute Gasteiger partial charge is 0.378 e. The van der Waals surface area contributed by atoms with Crippen molar-refractivity contribution in [3.05, 3.63) is 41.6 Å². The van der Waals surface area contributed by atoms with Crippen LogP contribution in [0.4, 0.5) is 11.5 Å². The van der Waals surface area contributed by atoms with Crippen LogP contribution in [-0.4, -0.2) is 30.2 Å². The van der Waals surface area contributed by atoms with Crippen LogP contribution in [0.15, 0.2) is 30.3 Å². The summed E-state index contributed by atoms with van der Waals surface area (Å²) in [6.45, 7) is 6.27. The van der Waals surface area contributed by atoms with Gasteiger partial charge in [-0.1, -0.05) is 26.8 Å². The summed E-state index contributed by atoms with van der Waals surface area (Å²) in [6.07, 6.45) is 0. The van der Waals surface area contributed by atoms with Crippen molar-refractivity contribution in [3.8, 4) is 0 Å². The first-order valence-corrected chi connectivity index (χ1v) is 6.92. The van der Waals surface area contributed by atoms with E-state index in [1.54, 1.807) is 6.07 Å². The normalized spacial score (nSPS) is 11.3. The lowest BCUT2D eigenvalue weighted by Gasteiger charge is -2.14. The zero-order valence-corrected chi connectivity index (χ0v) is 13.2. The summed E-state index contributed by atoms with van der Waals surface area (Å²) in [7, 11) is 3.89. The van der Waals surface area contributed by atoms with Crippen molar-refractivity contribution in [2.24, 2.45) is 0 Å². The molecule has 5 heteroatoms. The summed E-state index contributed by atoms with van der Waals surface area (Å²) in [5.41, 5.74) is 2.56. The van der Waals surface area contributed by atoms with E-state index in [0.717, 1.165) is 11.4 Å². The van der Waals surface area contributed by atoms with Gasteiger partial charge in [-0.3, -0.25) is 9.89 Å². The van der Waals surface area contributed by atoms with E-state index in [0.29, 0.717) is 11.4 Å². The van der Waals surface area contributed by atoms with Gasteiger partial charge in [0.25, 0.3) is 5.91 Å². The first-order chi connectivity index (χ1) is 9.77. The molecule has 2 N–H and O–H groups in total. The van der Waals surface area contributed by atoms with E-state index < -0.39 is 0 Å². The van der Waals surface area contributed by atoms with Crippen molar-refractivity contribution < 1.29 is 4.79 Å². The Balaban J connectivity index is 2.15. The molecule has 112 valence electrons. The van der Waals surface area contributed by atoms with Gasteiger partial charge in [-0.2, -0.15) is 5.10 Å². The van der Waals surface area contributed by atoms with Gasteiger partial charge >= 0.3 is 0 Å². The van der Waals surface area contributed by atoms with Gasteiger partial charge in [0, 0.05) is 42.5 Å². The van der Waals surface area contributed by atoms with Crippen LogP contribution in [0.25, 0.3) is 0 Å². The quantitative estimate of drug-likeness (QED) is 0.911. The average molecular weight is 286 g/mol. The molecule has 1 aromatic heterocycles. The summed E-state index contributed by atoms with van der Waals surface area (Å²) in [4.78, 5) is 14.2. The Hall–Kier alpha value is -2.30. The Kier molecular flexibility index (Phi) is 4.02. The molecule has 1 heterocycles. The highest BCUT2D eigenvalue weighted by atomic mass is 16.1. The summed E-state index contributed by atoms with van der Waals surface area (Å²) in [5, 5.41) is 9.91. The summed E-state index contributed by atoms with van der Waals surface area (Å²) < 4.78 is 0. The van der Waals surface area contributed by atoms with Gasteiger partial charge in [-0.05, 0) is 18.2 Å². The molecule has 0 aliphatic carbocycles. The third kappa shape index (κ3) is 3.62. The number of rotatable bonds is 3. The second kappa shape index (κ2) is 5.60. The molecule has 0 aliphatic heterocycles. The molecule has 0 spiro atoms. The third-order valence-corrected chi connectivity index (χ3v) is 3.25. The Labute approximate surface area is 125 Å². The van der Waals surface area contributed by atoms with Crippen molar-refractivity contribution >= 4 is 17.4 Å². The van der Waals surface area contributed by atoms with Crippen LogP contribution in [0.1, 0.15) is 36.8 Å². The van der Waals surface area contributed by atoms with Crippen molar-refractivity contribution in [2.75, 3.05) is 24.3 Å². The van der Waals surface area contributed by atoms with Gasteiger partial charge in [0.1, 0.15) is 0 Å². The van der Waals surface area contributed by atoms with E-state index in [9.17, 15) is 4.79 Å². The monoisotopic (exact) mass is 286 g/mol. The molecule has 0 bridgehead atoms. The second-order valence-corrected chi connectivity index (χ2v) is 6.32. The molecule has 0 atom stereocenters. The number of H-pyrrole nitrogens is 1. The van der Waals surface area contributed by atoms with E-state index >= 15 is 0 Å². The first kappa shape index (κ1) is 15.1. The zero-order chi connectivity index (χ0) is 15.6. The number of anilines is 2. The van der Waals surface area contributed by atoms with Gasteiger partial charge in [0.05, 0.1) is 0 Å². The maximum atomic E-state index is 12.3. The smallest absolute Gasteiger partial charge is 0.256 e. The maximum Gasteiger partial charge on any atom is 0.256 e. The van der Waals surface area contributed by atoms with Crippen LogP contribution in [-0.2, 0) is 5.41 Å². The van der Waals surface area contributed by atoms with Crippen LogP contribution in [0.5, 0.6) is 0 Å². The van der Waals surface area contributed by atoms with Crippen LogP contribution in [0, 0.1) is 0 Å². The molecule has 0 unspecified atom stereocenters. The van der Waals surface area contributed by atoms with E-state index in [4.69, 9.17) is 0 Å². The van der Waals surface area contributed by atoms with Gasteiger partial charge in [0.15, 0.2) is 5.82 Å². The van der Waals surface area contributed by atoms with Gasteiger partial charge in [0.2, 0.25) is 0 Å². The lowest BCUT2D eigenvalue weighted by atomic mass is 9.92. The molecule has 0 saturated heterocycles. The van der Waals surface area contributed by atoms with Crippen LogP contribution in [0.2, 0.25) is 0 Å². The number of nitrogens with one attached hydrogen (secondary N) is 2. The number of amides is 1. The van der Waals surface area contributed by atoms with Crippen molar-refractivity contribution in [1.29, 1.82) is 0 Å². The standard InChI is InChI=1S/C16H22N4O/c1-16(2,3)13-10-14(19-18-13)17-15(21)11-7-6-8-12(9-11)20(4)5/h6-10H,1-5H3,(H2,17,18,19,21). The number of benzene rings is 1. The lowest BCUT2D eigenvalue weighted by Crippen LogP contribution is -2.14. The highest BCUT2D eigenvalue weighted by Crippen LogP contribution is 2.22. The summed E-state index contributed by atoms with van der Waals surface area (Å²) in [5.74, 6) is 0.380. The summed E-state index contributed by atoms with van der Waals surface area (Å²) in [6, 6.07) is 9.35. The fourth-order valence-corrected chi connectivity index (χ4v) is 1.88. The fraction of sp³-hybridized carbons (Fsp3) is 0.375. The molecular weight excluding hydrogens is 264 g/mol. The van der Waals surface area contributed by atoms with Crippen molar-refractivity contribution in [2.45, 2.75) is 26.2 Å². The molecular formula is C16H22N4O. The Bertz CT molecular complexity index is 638. The fourth-order valence-electron chi connectivity index (χ4n) is 1.88. The highest BCUT2D eigenvalue weighted by molar-refractivity contribution is 6.04. The molecule has 0 aliphatic rings. The molecule has 0 saturated carbocycles. The van der Waals surface area contributed by atoms with Crippen LogP contribution in [0.3, 0.4) is 0 Å². The van der Waals surface area contributed by atoms with Gasteiger partial charge < -0.3 is 10.2 Å². The second-order valence-electron chi connectivity index (χ2n) is 6.32. The molecule has 0 fully saturated rings. The molecule has 2 aromatic rings. The molecule has 5 nitrogen and oxygen atoms in total. The number of carbonyl (C=O) groups excluding carboxylic acids is 1. The topological polar surface area (TPSA) is 61.0 Å². The number of carbonyl (C=O) groups is 1. The van der Waals surface area contributed by atoms with Crippen molar-refractivity contribution in [1.82, 2.24) is 10.2 Å². The Morgan fingerprint density at radius 2 is 1.95 bits per heavy atom. The third-order valence-electron chi connectivity index (χ3n) is 3.25. The van der Waals surface area contributed by atoms with E-state index in [1.807, 2.05) is 43.3 Å².